The molecular formula is C46H73NO4. The van der Waals surface area contributed by atoms with Crippen molar-refractivity contribution in [3.8, 4) is 0 Å². The van der Waals surface area contributed by atoms with Crippen molar-refractivity contribution < 1.29 is 19.1 Å². The van der Waals surface area contributed by atoms with E-state index in [1.54, 1.807) is 6.08 Å². The molecular weight excluding hydrogens is 631 g/mol. The average Bonchev–Trinajstić information content (AvgIpc) is 3.48. The molecule has 51 heavy (non-hydrogen) atoms. The van der Waals surface area contributed by atoms with Crippen LogP contribution in [-0.2, 0) is 9.47 Å². The Kier molecular flexibility index (Phi) is 12.2. The van der Waals surface area contributed by atoms with Crippen molar-refractivity contribution in [2.24, 2.45) is 50.7 Å². The molecule has 0 aromatic heterocycles. The van der Waals surface area contributed by atoms with Crippen LogP contribution in [0.2, 0.25) is 0 Å². The van der Waals surface area contributed by atoms with Crippen LogP contribution in [0.5, 0.6) is 0 Å². The van der Waals surface area contributed by atoms with E-state index in [9.17, 15) is 9.59 Å². The Morgan fingerprint density at radius 1 is 0.882 bits per heavy atom. The number of carbonyl (C=O) groups is 2. The molecule has 6 rings (SSSR count). The second-order valence-electron chi connectivity index (χ2n) is 18.9. The van der Waals surface area contributed by atoms with Crippen molar-refractivity contribution in [1.29, 1.82) is 0 Å². The van der Waals surface area contributed by atoms with Gasteiger partial charge < -0.3 is 14.4 Å². The van der Waals surface area contributed by atoms with Crippen molar-refractivity contribution >= 4 is 17.6 Å². The van der Waals surface area contributed by atoms with Crippen LogP contribution in [0.15, 0.2) is 43.0 Å². The minimum absolute atomic E-state index is 0.0468. The number of ether oxygens (including phenoxy) is 2. The summed E-state index contributed by atoms with van der Waals surface area (Å²) >= 11 is 0. The molecule has 0 radical (unpaired) electrons. The highest BCUT2D eigenvalue weighted by atomic mass is 16.6. The number of nitrogens with zero attached hydrogens (tertiary/aromatic N) is 1. The van der Waals surface area contributed by atoms with Gasteiger partial charge in [0.1, 0.15) is 5.60 Å². The van der Waals surface area contributed by atoms with E-state index >= 15 is 0 Å². The molecule has 7 unspecified atom stereocenters. The van der Waals surface area contributed by atoms with Crippen LogP contribution in [0, 0.1) is 50.7 Å². The quantitative estimate of drug-likeness (QED) is 0.231. The predicted octanol–water partition coefficient (Wildman–Crippen LogP) is 12.4. The molecule has 0 heterocycles. The molecule has 0 spiro atoms. The van der Waals surface area contributed by atoms with Crippen molar-refractivity contribution in [2.45, 2.75) is 146 Å². The number of amides is 1. The zero-order valence-electron chi connectivity index (χ0n) is 34.8. The largest absolute Gasteiger partial charge is 0.456 e. The fourth-order valence-electron chi connectivity index (χ4n) is 12.9. The number of rotatable bonds is 4. The summed E-state index contributed by atoms with van der Waals surface area (Å²) in [6.07, 6.45) is 16.9. The van der Waals surface area contributed by atoms with E-state index in [2.05, 4.69) is 59.4 Å². The van der Waals surface area contributed by atoms with E-state index in [4.69, 9.17) is 9.47 Å². The first kappa shape index (κ1) is 41.2. The van der Waals surface area contributed by atoms with Gasteiger partial charge in [0.05, 0.1) is 12.7 Å². The zero-order valence-corrected chi connectivity index (χ0v) is 34.8. The Hall–Kier alpha value is -2.56. The lowest BCUT2D eigenvalue weighted by molar-refractivity contribution is -0.223. The number of hydrogen-bond donors (Lipinski definition) is 0. The summed E-state index contributed by atoms with van der Waals surface area (Å²) in [5.74, 6) is 2.51. The van der Waals surface area contributed by atoms with Gasteiger partial charge in [0.15, 0.2) is 0 Å². The number of fused-ring (bicyclic) bond motifs is 7. The summed E-state index contributed by atoms with van der Waals surface area (Å²) in [6.45, 7) is 28.9. The van der Waals surface area contributed by atoms with E-state index in [-0.39, 0.29) is 28.3 Å². The van der Waals surface area contributed by atoms with Gasteiger partial charge in [-0.1, -0.05) is 79.2 Å². The van der Waals surface area contributed by atoms with Crippen molar-refractivity contribution in [3.63, 3.8) is 0 Å². The van der Waals surface area contributed by atoms with Gasteiger partial charge >= 0.3 is 12.1 Å². The van der Waals surface area contributed by atoms with E-state index < -0.39 is 5.60 Å². The molecule has 4 saturated carbocycles. The van der Waals surface area contributed by atoms with Crippen LogP contribution >= 0.6 is 0 Å². The van der Waals surface area contributed by atoms with Gasteiger partial charge in [-0.25, -0.2) is 9.59 Å². The number of carbonyl (C=O) groups excluding carboxylic acids is 2. The summed E-state index contributed by atoms with van der Waals surface area (Å²) < 4.78 is 10.7. The number of benzene rings is 1. The molecule has 4 fully saturated rings. The lowest BCUT2D eigenvalue weighted by Crippen LogP contribution is -2.65. The molecule has 8 atom stereocenters. The fourth-order valence-corrected chi connectivity index (χ4v) is 12.9. The summed E-state index contributed by atoms with van der Waals surface area (Å²) in [6, 6.07) is 8.18. The maximum Gasteiger partial charge on any atom is 0.409 e. The van der Waals surface area contributed by atoms with Crippen LogP contribution in [0.1, 0.15) is 156 Å². The fraction of sp³-hybridized carbons (Fsp3) is 0.739. The third kappa shape index (κ3) is 7.10. The van der Waals surface area contributed by atoms with Crippen LogP contribution in [0.3, 0.4) is 0 Å². The summed E-state index contributed by atoms with van der Waals surface area (Å²) in [4.78, 5) is 27.0. The zero-order chi connectivity index (χ0) is 38.2. The second kappa shape index (κ2) is 15.1. The summed E-state index contributed by atoms with van der Waals surface area (Å²) in [5, 5.41) is 0. The number of hydrogen-bond acceptors (Lipinski definition) is 4. The van der Waals surface area contributed by atoms with E-state index in [0.29, 0.717) is 34.1 Å². The highest BCUT2D eigenvalue weighted by molar-refractivity contribution is 5.90. The van der Waals surface area contributed by atoms with Gasteiger partial charge in [-0.15, -0.1) is 6.58 Å². The van der Waals surface area contributed by atoms with Crippen molar-refractivity contribution in [2.75, 3.05) is 20.7 Å². The standard InChI is InChI=1S/C41H61NO4.C3H6.C2H6/c1-36(2,3)46-34(43)28-15-13-27(14-16-28)29-19-22-38(6)32(37(29,4)5)20-23-40(8)33(38)18-17-30-31-12-11-21-41(31,25-24-39(30,40)7)26-42(9)35(44)45-10;1-3-2;1-2/h13-16,19,30-33H,11-12,17-18,20-26H2,1-10H3;3H,1H2,2H3;1-2H3/t30?,31?,32?,33?,38?,39-,40?,41?;;/m1../s1. The molecule has 1 amide bonds. The van der Waals surface area contributed by atoms with Crippen LogP contribution < -0.4 is 0 Å². The van der Waals surface area contributed by atoms with Gasteiger partial charge in [-0.05, 0) is 159 Å². The van der Waals surface area contributed by atoms with Gasteiger partial charge in [0.25, 0.3) is 0 Å². The lowest BCUT2D eigenvalue weighted by atomic mass is 9.32. The Labute approximate surface area is 312 Å². The molecule has 0 saturated heterocycles. The van der Waals surface area contributed by atoms with E-state index in [1.165, 1.54) is 76.0 Å². The number of methoxy groups -OCH3 is 1. The van der Waals surface area contributed by atoms with Crippen LogP contribution in [0.4, 0.5) is 4.79 Å². The molecule has 1 aromatic carbocycles. The first-order chi connectivity index (χ1) is 23.8. The Bertz CT molecular complexity index is 1440. The van der Waals surface area contributed by atoms with E-state index in [0.717, 1.165) is 18.9 Å². The third-order valence-electron chi connectivity index (χ3n) is 15.0. The smallest absolute Gasteiger partial charge is 0.409 e. The SMILES string of the molecule is C=CC.CC.COC(=O)N(C)CC12CCCC1C1CCC3C4(C)CC=C(c5ccc(C(=O)OC(C)(C)C)cc5)C(C)(C)C4CCC3(C)[C@]1(C)CC2. The monoisotopic (exact) mass is 704 g/mol. The molecule has 5 aliphatic carbocycles. The molecule has 1 aromatic rings. The van der Waals surface area contributed by atoms with Crippen molar-refractivity contribution in [1.82, 2.24) is 4.90 Å². The normalized spacial score (nSPS) is 36.1. The van der Waals surface area contributed by atoms with Gasteiger partial charge in [-0.3, -0.25) is 0 Å². The predicted molar refractivity (Wildman–Crippen MR) is 213 cm³/mol. The maximum atomic E-state index is 12.7. The van der Waals surface area contributed by atoms with Gasteiger partial charge in [0, 0.05) is 13.6 Å². The Balaban J connectivity index is 0.00000111. The van der Waals surface area contributed by atoms with E-state index in [1.807, 2.05) is 65.6 Å². The lowest BCUT2D eigenvalue weighted by Gasteiger charge is -2.72. The highest BCUT2D eigenvalue weighted by Gasteiger charge is 2.69. The summed E-state index contributed by atoms with van der Waals surface area (Å²) in [5.41, 5.74) is 4.01. The summed E-state index contributed by atoms with van der Waals surface area (Å²) in [7, 11) is 3.44. The minimum Gasteiger partial charge on any atom is -0.456 e. The molecule has 0 aliphatic heterocycles. The third-order valence-corrected chi connectivity index (χ3v) is 15.0. The first-order valence-electron chi connectivity index (χ1n) is 20.2. The Morgan fingerprint density at radius 3 is 2.10 bits per heavy atom. The second-order valence-corrected chi connectivity index (χ2v) is 18.9. The average molecular weight is 704 g/mol. The number of esters is 1. The van der Waals surface area contributed by atoms with Crippen molar-refractivity contribution in [3.05, 3.63) is 54.1 Å². The molecule has 5 heteroatoms. The number of allylic oxidation sites excluding steroid dienone is 3. The van der Waals surface area contributed by atoms with Crippen LogP contribution in [-0.4, -0.2) is 43.3 Å². The van der Waals surface area contributed by atoms with Gasteiger partial charge in [0.2, 0.25) is 0 Å². The highest BCUT2D eigenvalue weighted by Crippen LogP contribution is 2.77. The maximum absolute atomic E-state index is 12.7. The molecule has 5 nitrogen and oxygen atoms in total. The minimum atomic E-state index is -0.501. The molecule has 286 valence electrons. The van der Waals surface area contributed by atoms with Crippen LogP contribution in [0.25, 0.3) is 5.57 Å². The molecule has 0 N–H and O–H groups in total. The topological polar surface area (TPSA) is 55.8 Å². The molecule has 5 aliphatic rings. The first-order valence-corrected chi connectivity index (χ1v) is 20.2. The molecule has 0 bridgehead atoms. The van der Waals surface area contributed by atoms with Gasteiger partial charge in [-0.2, -0.15) is 0 Å². The Morgan fingerprint density at radius 2 is 1.51 bits per heavy atom.